The molecule has 3 heterocycles. The molecule has 266 valence electrons. The van der Waals surface area contributed by atoms with E-state index >= 15 is 0 Å². The molecule has 0 amide bonds. The number of aromatic hydroxyl groups is 1. The van der Waals surface area contributed by atoms with E-state index in [0.29, 0.717) is 25.5 Å². The summed E-state index contributed by atoms with van der Waals surface area (Å²) >= 11 is 3.52. The number of hydrogen-bond donors (Lipinski definition) is 3. The molecule has 0 aliphatic carbocycles. The van der Waals surface area contributed by atoms with Gasteiger partial charge < -0.3 is 25.0 Å². The third-order valence-corrected chi connectivity index (χ3v) is 13.4. The van der Waals surface area contributed by atoms with Gasteiger partial charge >= 0.3 is 0 Å². The summed E-state index contributed by atoms with van der Waals surface area (Å²) in [5, 5.41) is 24.3. The fourth-order valence-electron chi connectivity index (χ4n) is 8.18. The highest BCUT2D eigenvalue weighted by Crippen LogP contribution is 2.52. The summed E-state index contributed by atoms with van der Waals surface area (Å²) in [6.45, 7) is 5.60. The molecule has 54 heavy (non-hydrogen) atoms. The second-order valence-electron chi connectivity index (χ2n) is 14.0. The molecule has 6 nitrogen and oxygen atoms in total. The highest BCUT2D eigenvalue weighted by Gasteiger charge is 2.23. The number of phenols is 1. The van der Waals surface area contributed by atoms with Crippen LogP contribution >= 0.6 is 23.5 Å². The van der Waals surface area contributed by atoms with Crippen molar-refractivity contribution in [1.82, 2.24) is 4.98 Å². The number of aromatic amines is 1. The zero-order valence-corrected chi connectivity index (χ0v) is 31.4. The van der Waals surface area contributed by atoms with E-state index in [1.165, 1.54) is 47.2 Å². The SMILES string of the molecule is CCc1ccc2cc(CNc3ccc4c(c3)Sc3cccc(-c5cc(N6CCOCC6)cc(=O)[nH]5)c3S4)c3c4ccc5ccccc5c4ccc3c2c1O. The van der Waals surface area contributed by atoms with E-state index in [4.69, 9.17) is 4.74 Å². The Morgan fingerprint density at radius 2 is 1.56 bits per heavy atom. The molecule has 3 N–H and O–H groups in total. The zero-order chi connectivity index (χ0) is 36.3. The summed E-state index contributed by atoms with van der Waals surface area (Å²) in [5.74, 6) is 0.378. The Bertz CT molecular complexity index is 2860. The number of H-pyrrole nitrogens is 1. The van der Waals surface area contributed by atoms with Gasteiger partial charge in [-0.05, 0) is 91.6 Å². The van der Waals surface area contributed by atoms with Crippen LogP contribution < -0.4 is 15.8 Å². The van der Waals surface area contributed by atoms with E-state index in [9.17, 15) is 9.90 Å². The summed E-state index contributed by atoms with van der Waals surface area (Å²) < 4.78 is 5.55. The highest BCUT2D eigenvalue weighted by molar-refractivity contribution is 8.05. The maximum atomic E-state index is 12.8. The molecule has 0 atom stereocenters. The Kier molecular flexibility index (Phi) is 8.27. The number of aryl methyl sites for hydroxylation is 1. The van der Waals surface area contributed by atoms with Gasteiger partial charge in [-0.3, -0.25) is 4.79 Å². The van der Waals surface area contributed by atoms with E-state index in [1.807, 2.05) is 0 Å². The van der Waals surface area contributed by atoms with Crippen LogP contribution in [-0.4, -0.2) is 36.4 Å². The summed E-state index contributed by atoms with van der Waals surface area (Å²) in [4.78, 5) is 22.9. The van der Waals surface area contributed by atoms with Gasteiger partial charge in [-0.15, -0.1) is 0 Å². The van der Waals surface area contributed by atoms with Crippen molar-refractivity contribution in [2.75, 3.05) is 36.5 Å². The van der Waals surface area contributed by atoms with Gasteiger partial charge in [-0.25, -0.2) is 0 Å². The van der Waals surface area contributed by atoms with Crippen molar-refractivity contribution in [2.24, 2.45) is 0 Å². The molecule has 10 rings (SSSR count). The van der Waals surface area contributed by atoms with Crippen LogP contribution in [-0.2, 0) is 17.7 Å². The largest absolute Gasteiger partial charge is 0.507 e. The number of pyridine rings is 1. The Hall–Kier alpha value is -5.41. The third-order valence-electron chi connectivity index (χ3n) is 10.9. The monoisotopic (exact) mass is 743 g/mol. The first-order valence-electron chi connectivity index (χ1n) is 18.5. The van der Waals surface area contributed by atoms with E-state index in [0.717, 1.165) is 68.8 Å². The predicted octanol–water partition coefficient (Wildman–Crippen LogP) is 11.0. The molecule has 1 aromatic heterocycles. The number of anilines is 2. The molecule has 8 aromatic rings. The van der Waals surface area contributed by atoms with E-state index in [-0.39, 0.29) is 5.56 Å². The predicted molar refractivity (Wildman–Crippen MR) is 225 cm³/mol. The van der Waals surface area contributed by atoms with Gasteiger partial charge in [0.2, 0.25) is 5.56 Å². The normalized spacial score (nSPS) is 14.1. The number of nitrogens with one attached hydrogen (secondary N) is 2. The number of hydrogen-bond acceptors (Lipinski definition) is 7. The van der Waals surface area contributed by atoms with Crippen LogP contribution in [0.2, 0.25) is 0 Å². The quantitative estimate of drug-likeness (QED) is 0.146. The van der Waals surface area contributed by atoms with E-state index in [2.05, 4.69) is 131 Å². The van der Waals surface area contributed by atoms with Crippen LogP contribution in [0.3, 0.4) is 0 Å². The Morgan fingerprint density at radius 1 is 0.722 bits per heavy atom. The van der Waals surface area contributed by atoms with Gasteiger partial charge in [0.25, 0.3) is 0 Å². The molecule has 2 aliphatic rings. The first kappa shape index (κ1) is 33.2. The fourth-order valence-corrected chi connectivity index (χ4v) is 10.6. The maximum Gasteiger partial charge on any atom is 0.250 e. The molecule has 8 heteroatoms. The van der Waals surface area contributed by atoms with E-state index in [1.54, 1.807) is 29.6 Å². The highest BCUT2D eigenvalue weighted by atomic mass is 32.2. The Labute approximate surface area is 321 Å². The number of phenolic OH excluding ortho intramolecular Hbond substituents is 1. The molecule has 0 spiro atoms. The van der Waals surface area contributed by atoms with Crippen LogP contribution in [0.15, 0.2) is 140 Å². The van der Waals surface area contributed by atoms with Gasteiger partial charge in [-0.1, -0.05) is 103 Å². The number of ether oxygens (including phenoxy) is 1. The summed E-state index contributed by atoms with van der Waals surface area (Å²) in [6, 6.07) is 40.6. The summed E-state index contributed by atoms with van der Waals surface area (Å²) in [6.07, 6.45) is 0.771. The van der Waals surface area contributed by atoms with Crippen molar-refractivity contribution in [3.63, 3.8) is 0 Å². The standard InChI is InChI=1S/C46H37N3O3S2/c1-2-27-10-11-29-22-30(43-35-14-12-28-6-3-4-7-33(28)34(35)15-16-37(43)44(29)45(27)51)26-47-31-13-17-39-41(23-31)53-40-9-5-8-36(46(40)54-39)38-24-32(25-42(50)48-38)49-18-20-52-21-19-49/h3-17,22-25,47,51H,2,18-21,26H2,1H3,(H,48,50). The molecule has 1 saturated heterocycles. The van der Waals surface area contributed by atoms with Crippen LogP contribution in [0.4, 0.5) is 11.4 Å². The number of morpholine rings is 1. The van der Waals surface area contributed by atoms with Crippen molar-refractivity contribution in [3.05, 3.63) is 137 Å². The van der Waals surface area contributed by atoms with Crippen LogP contribution in [0.5, 0.6) is 5.75 Å². The third kappa shape index (κ3) is 5.68. The lowest BCUT2D eigenvalue weighted by atomic mass is 9.89. The average Bonchev–Trinajstić information content (AvgIpc) is 3.21. The van der Waals surface area contributed by atoms with Gasteiger partial charge in [0, 0.05) is 67.6 Å². The smallest absolute Gasteiger partial charge is 0.250 e. The number of benzene rings is 7. The van der Waals surface area contributed by atoms with Crippen molar-refractivity contribution in [3.8, 4) is 17.0 Å². The molecule has 0 unspecified atom stereocenters. The second-order valence-corrected chi connectivity index (χ2v) is 16.1. The minimum atomic E-state index is -0.0979. The molecule has 0 saturated carbocycles. The van der Waals surface area contributed by atoms with Crippen molar-refractivity contribution >= 4 is 78.0 Å². The summed E-state index contributed by atoms with van der Waals surface area (Å²) in [7, 11) is 0. The minimum Gasteiger partial charge on any atom is -0.507 e. The van der Waals surface area contributed by atoms with Crippen molar-refractivity contribution in [1.29, 1.82) is 0 Å². The lowest BCUT2D eigenvalue weighted by Crippen LogP contribution is -2.36. The number of fused-ring (bicyclic) bond motifs is 9. The van der Waals surface area contributed by atoms with Crippen molar-refractivity contribution < 1.29 is 9.84 Å². The van der Waals surface area contributed by atoms with Gasteiger partial charge in [0.05, 0.1) is 18.9 Å². The van der Waals surface area contributed by atoms with Gasteiger partial charge in [0.1, 0.15) is 5.75 Å². The maximum absolute atomic E-state index is 12.8. The Morgan fingerprint density at radius 3 is 2.44 bits per heavy atom. The average molecular weight is 744 g/mol. The van der Waals surface area contributed by atoms with Crippen LogP contribution in [0.25, 0.3) is 54.3 Å². The number of rotatable bonds is 6. The molecular formula is C46H37N3O3S2. The topological polar surface area (TPSA) is 77.6 Å². The fraction of sp³-hybridized carbons (Fsp3) is 0.152. The number of aromatic nitrogens is 1. The molecule has 2 aliphatic heterocycles. The zero-order valence-electron chi connectivity index (χ0n) is 29.7. The first-order valence-corrected chi connectivity index (χ1v) is 20.1. The molecule has 0 radical (unpaired) electrons. The molecular weight excluding hydrogens is 707 g/mol. The lowest BCUT2D eigenvalue weighted by Gasteiger charge is -2.29. The molecule has 1 fully saturated rings. The van der Waals surface area contributed by atoms with Crippen LogP contribution in [0, 0.1) is 0 Å². The summed E-state index contributed by atoms with van der Waals surface area (Å²) in [5.41, 5.74) is 5.89. The molecule has 0 bridgehead atoms. The lowest BCUT2D eigenvalue weighted by molar-refractivity contribution is 0.122. The van der Waals surface area contributed by atoms with Gasteiger partial charge in [0.15, 0.2) is 0 Å². The van der Waals surface area contributed by atoms with Crippen LogP contribution in [0.1, 0.15) is 18.1 Å². The minimum absolute atomic E-state index is 0.0979. The number of nitrogens with zero attached hydrogens (tertiary/aromatic N) is 1. The Balaban J connectivity index is 0.998. The second kappa shape index (κ2) is 13.5. The van der Waals surface area contributed by atoms with Gasteiger partial charge in [-0.2, -0.15) is 0 Å². The molecule has 7 aromatic carbocycles. The van der Waals surface area contributed by atoms with E-state index < -0.39 is 0 Å². The van der Waals surface area contributed by atoms with Crippen molar-refractivity contribution in [2.45, 2.75) is 39.5 Å². The first-order chi connectivity index (χ1) is 26.5.